The molecule has 16 heteroatoms. The van der Waals surface area contributed by atoms with Gasteiger partial charge in [0, 0.05) is 16.9 Å². The van der Waals surface area contributed by atoms with Crippen molar-refractivity contribution in [2.24, 2.45) is 5.16 Å². The number of thioether (sulfide) groups is 2. The van der Waals surface area contributed by atoms with Crippen LogP contribution in [-0.4, -0.2) is 76.0 Å². The van der Waals surface area contributed by atoms with Crippen molar-refractivity contribution >= 4 is 75.0 Å². The lowest BCUT2D eigenvalue weighted by Gasteiger charge is -2.49. The number of hydrogen-bond acceptors (Lipinski definition) is 13. The van der Waals surface area contributed by atoms with E-state index in [0.29, 0.717) is 27.2 Å². The van der Waals surface area contributed by atoms with Gasteiger partial charge in [-0.05, 0) is 24.0 Å². The smallest absolute Gasteiger partial charge is 0.352 e. The minimum absolute atomic E-state index is 0.0739. The number of amides is 2. The molecule has 0 aromatic carbocycles. The highest BCUT2D eigenvalue weighted by atomic mass is 32.2. The van der Waals surface area contributed by atoms with Gasteiger partial charge in [0.2, 0.25) is 0 Å². The lowest BCUT2D eigenvalue weighted by atomic mass is 10.0. The van der Waals surface area contributed by atoms with Crippen molar-refractivity contribution < 1.29 is 24.7 Å². The fraction of sp³-hybridized carbons (Fsp3) is 0.312. The zero-order chi connectivity index (χ0) is 23.0. The summed E-state index contributed by atoms with van der Waals surface area (Å²) in [6, 6.07) is -0.963. The maximum Gasteiger partial charge on any atom is 0.352 e. The van der Waals surface area contributed by atoms with Gasteiger partial charge in [-0.3, -0.25) is 14.5 Å². The molecule has 5 N–H and O–H groups in total. The number of anilines is 1. The molecule has 4 heterocycles. The third-order valence-electron chi connectivity index (χ3n) is 4.49. The van der Waals surface area contributed by atoms with Crippen molar-refractivity contribution in [2.75, 3.05) is 17.2 Å². The summed E-state index contributed by atoms with van der Waals surface area (Å²) in [4.78, 5) is 46.6. The number of β-lactam (4-membered cyclic amide) rings is 1. The van der Waals surface area contributed by atoms with E-state index in [9.17, 15) is 24.7 Å². The van der Waals surface area contributed by atoms with Crippen LogP contribution in [0.25, 0.3) is 0 Å². The number of fused-ring (bicyclic) bond motifs is 1. The number of rotatable bonds is 7. The lowest BCUT2D eigenvalue weighted by molar-refractivity contribution is -0.150. The largest absolute Gasteiger partial charge is 0.477 e. The van der Waals surface area contributed by atoms with E-state index in [2.05, 4.69) is 24.8 Å². The average Bonchev–Trinajstić information content (AvgIpc) is 3.38. The molecule has 2 atom stereocenters. The fourth-order valence-corrected chi connectivity index (χ4v) is 6.78. The molecule has 4 rings (SSSR count). The van der Waals surface area contributed by atoms with Gasteiger partial charge in [0.1, 0.15) is 28.6 Å². The number of carbonyl (C=O) groups excluding carboxylic acids is 2. The van der Waals surface area contributed by atoms with Crippen LogP contribution < -0.4 is 11.1 Å². The van der Waals surface area contributed by atoms with Gasteiger partial charge in [-0.1, -0.05) is 16.9 Å². The van der Waals surface area contributed by atoms with Gasteiger partial charge in [-0.15, -0.1) is 23.1 Å². The molecule has 2 aliphatic heterocycles. The number of aryl methyl sites for hydroxylation is 1. The van der Waals surface area contributed by atoms with E-state index in [4.69, 9.17) is 5.73 Å². The van der Waals surface area contributed by atoms with Crippen molar-refractivity contribution in [2.45, 2.75) is 22.7 Å². The Bertz CT molecular complexity index is 1160. The Morgan fingerprint density at radius 3 is 2.81 bits per heavy atom. The summed E-state index contributed by atoms with van der Waals surface area (Å²) in [6.07, 6.45) is 0. The molecule has 2 aromatic rings. The van der Waals surface area contributed by atoms with Crippen LogP contribution >= 0.6 is 46.4 Å². The highest BCUT2D eigenvalue weighted by Gasteiger charge is 2.54. The van der Waals surface area contributed by atoms with E-state index in [1.54, 1.807) is 6.92 Å². The second kappa shape index (κ2) is 9.05. The molecule has 0 bridgehead atoms. The van der Waals surface area contributed by atoms with Crippen LogP contribution in [0.1, 0.15) is 11.5 Å². The van der Waals surface area contributed by atoms with Crippen LogP contribution in [-0.2, 0) is 14.4 Å². The molecule has 1 saturated heterocycles. The first-order valence-electron chi connectivity index (χ1n) is 8.87. The first-order valence-corrected chi connectivity index (χ1v) is 12.6. The molecule has 1 fully saturated rings. The molecular formula is C16H15N7O5S4. The molecule has 0 saturated carbocycles. The van der Waals surface area contributed by atoms with Crippen molar-refractivity contribution in [3.05, 3.63) is 28.2 Å². The van der Waals surface area contributed by atoms with E-state index >= 15 is 0 Å². The number of thiazole rings is 1. The second-order valence-electron chi connectivity index (χ2n) is 6.53. The third kappa shape index (κ3) is 4.17. The number of nitrogens with zero attached hydrogens (tertiary/aromatic N) is 5. The summed E-state index contributed by atoms with van der Waals surface area (Å²) in [5.41, 5.74) is 5.74. The topological polar surface area (TPSA) is 184 Å². The van der Waals surface area contributed by atoms with E-state index in [0.717, 1.165) is 11.3 Å². The minimum atomic E-state index is -1.21. The zero-order valence-electron chi connectivity index (χ0n) is 16.2. The molecule has 168 valence electrons. The molecule has 32 heavy (non-hydrogen) atoms. The van der Waals surface area contributed by atoms with Crippen molar-refractivity contribution in [1.82, 2.24) is 24.6 Å². The number of aliphatic carboxylic acids is 1. The zero-order valence-corrected chi connectivity index (χ0v) is 19.5. The first kappa shape index (κ1) is 22.5. The van der Waals surface area contributed by atoms with Crippen LogP contribution in [0.3, 0.4) is 0 Å². The van der Waals surface area contributed by atoms with E-state index in [-0.39, 0.29) is 22.2 Å². The number of nitrogen functional groups attached to an aromatic ring is 1. The predicted molar refractivity (Wildman–Crippen MR) is 120 cm³/mol. The minimum Gasteiger partial charge on any atom is -0.477 e. The van der Waals surface area contributed by atoms with Crippen molar-refractivity contribution in [3.63, 3.8) is 0 Å². The molecule has 2 aromatic heterocycles. The van der Waals surface area contributed by atoms with E-state index < -0.39 is 29.2 Å². The number of aromatic nitrogens is 3. The first-order chi connectivity index (χ1) is 15.3. The predicted octanol–water partition coefficient (Wildman–Crippen LogP) is 0.594. The molecule has 0 unspecified atom stereocenters. The average molecular weight is 514 g/mol. The van der Waals surface area contributed by atoms with Gasteiger partial charge in [0.15, 0.2) is 15.2 Å². The molecule has 0 aliphatic carbocycles. The van der Waals surface area contributed by atoms with Crippen LogP contribution in [0.2, 0.25) is 0 Å². The highest BCUT2D eigenvalue weighted by molar-refractivity contribution is 8.01. The van der Waals surface area contributed by atoms with E-state index in [1.807, 2.05) is 0 Å². The van der Waals surface area contributed by atoms with Crippen molar-refractivity contribution in [1.29, 1.82) is 0 Å². The third-order valence-corrected chi connectivity index (χ3v) is 8.52. The second-order valence-corrected chi connectivity index (χ2v) is 10.5. The van der Waals surface area contributed by atoms with Gasteiger partial charge in [0.05, 0.1) is 0 Å². The summed E-state index contributed by atoms with van der Waals surface area (Å²) >= 11 is 5.00. The monoisotopic (exact) mass is 513 g/mol. The number of hydrogen-bond donors (Lipinski definition) is 4. The van der Waals surface area contributed by atoms with E-state index in [1.165, 1.54) is 45.3 Å². The number of carboxylic acid groups (broad SMARTS) is 1. The maximum absolute atomic E-state index is 12.8. The summed E-state index contributed by atoms with van der Waals surface area (Å²) in [7, 11) is 0. The highest BCUT2D eigenvalue weighted by Crippen LogP contribution is 2.41. The lowest BCUT2D eigenvalue weighted by Crippen LogP contribution is -2.71. The number of nitrogens with one attached hydrogen (secondary N) is 1. The van der Waals surface area contributed by atoms with Crippen LogP contribution in [0.4, 0.5) is 5.13 Å². The Morgan fingerprint density at radius 2 is 2.22 bits per heavy atom. The van der Waals surface area contributed by atoms with Gasteiger partial charge in [-0.2, -0.15) is 4.37 Å². The standard InChI is InChI=1S/C16H15N7O5S4/c1-5-18-16(32-22-5)31-3-6-2-29-13-9(12(25)23(13)10(6)14(26)27)20-11(24)8(21-28)7-4-30-15(17)19-7/h4,9,13,28H,2-3H2,1H3,(H2,17,19)(H,20,24)(H,26,27)/b21-8-/t9-,13-/m1/s1. The summed E-state index contributed by atoms with van der Waals surface area (Å²) in [5.74, 6) is -1.22. The molecule has 2 aliphatic rings. The number of nitrogens with two attached hydrogens (primary N) is 1. The summed E-state index contributed by atoms with van der Waals surface area (Å²) in [6.45, 7) is 1.77. The van der Waals surface area contributed by atoms with Gasteiger partial charge >= 0.3 is 5.97 Å². The van der Waals surface area contributed by atoms with Crippen LogP contribution in [0.5, 0.6) is 0 Å². The van der Waals surface area contributed by atoms with Crippen LogP contribution in [0.15, 0.2) is 26.1 Å². The molecule has 0 radical (unpaired) electrons. The number of carboxylic acids is 1. The number of oxime groups is 1. The normalized spacial score (nSPS) is 20.7. The van der Waals surface area contributed by atoms with Crippen LogP contribution in [0, 0.1) is 6.92 Å². The van der Waals surface area contributed by atoms with Gasteiger partial charge in [0.25, 0.3) is 11.8 Å². The molecule has 0 spiro atoms. The Kier molecular flexibility index (Phi) is 6.36. The van der Waals surface area contributed by atoms with Gasteiger partial charge < -0.3 is 21.4 Å². The Hall–Kier alpha value is -2.69. The van der Waals surface area contributed by atoms with Crippen molar-refractivity contribution in [3.8, 4) is 0 Å². The SMILES string of the molecule is Cc1nsc(SCC2=C(C(=O)O)N3C(=O)[C@@H](NC(=O)/C(=N\O)c4csc(N)n4)[C@H]3SC2)n1. The molecule has 12 nitrogen and oxygen atoms in total. The fourth-order valence-electron chi connectivity index (χ4n) is 3.10. The Labute approximate surface area is 197 Å². The Balaban J connectivity index is 1.48. The number of carbonyl (C=O) groups is 3. The Morgan fingerprint density at radius 1 is 1.44 bits per heavy atom. The molecular weight excluding hydrogens is 498 g/mol. The summed E-state index contributed by atoms with van der Waals surface area (Å²) in [5, 5.41) is 25.5. The quantitative estimate of drug-likeness (QED) is 0.134. The van der Waals surface area contributed by atoms with Gasteiger partial charge in [-0.25, -0.2) is 14.8 Å². The maximum atomic E-state index is 12.8. The summed E-state index contributed by atoms with van der Waals surface area (Å²) < 4.78 is 4.81. The molecule has 2 amide bonds.